The molecule has 13 heavy (non-hydrogen) atoms. The number of hydrogen-bond acceptors (Lipinski definition) is 1. The number of nitrogens with one attached hydrogen (secondary N) is 1. The number of halogens is 2. The van der Waals surface area contributed by atoms with Crippen LogP contribution < -0.4 is 5.32 Å². The lowest BCUT2D eigenvalue weighted by molar-refractivity contribution is 0.621. The molecule has 0 saturated carbocycles. The van der Waals surface area contributed by atoms with Crippen molar-refractivity contribution in [2.24, 2.45) is 0 Å². The molecule has 1 nitrogen and oxygen atoms in total. The van der Waals surface area contributed by atoms with E-state index in [1.807, 2.05) is 12.1 Å². The van der Waals surface area contributed by atoms with E-state index in [1.165, 1.54) is 6.07 Å². The van der Waals surface area contributed by atoms with Crippen LogP contribution in [0.2, 0.25) is 0 Å². The maximum absolute atomic E-state index is 13.0. The van der Waals surface area contributed by atoms with Gasteiger partial charge >= 0.3 is 0 Å². The number of rotatable bonds is 4. The minimum Gasteiger partial charge on any atom is -0.385 e. The summed E-state index contributed by atoms with van der Waals surface area (Å²) in [4.78, 5) is 0. The molecule has 1 N–H and O–H groups in total. The van der Waals surface area contributed by atoms with E-state index in [0.717, 1.165) is 18.7 Å². The van der Waals surface area contributed by atoms with Crippen molar-refractivity contribution in [3.63, 3.8) is 0 Å². The molecule has 0 saturated heterocycles. The third-order valence-electron chi connectivity index (χ3n) is 1.60. The van der Waals surface area contributed by atoms with Gasteiger partial charge in [0.15, 0.2) is 0 Å². The highest BCUT2D eigenvalue weighted by atomic mass is 79.9. The fourth-order valence-electron chi connectivity index (χ4n) is 0.925. The maximum atomic E-state index is 13.0. The molecule has 0 aliphatic heterocycles. The van der Waals surface area contributed by atoms with Crippen LogP contribution in [0.1, 0.15) is 6.42 Å². The molecular formula is C10H11BrFN. The summed E-state index contributed by atoms with van der Waals surface area (Å²) in [7, 11) is 0. The highest BCUT2D eigenvalue weighted by Crippen LogP contribution is 2.19. The van der Waals surface area contributed by atoms with E-state index in [1.54, 1.807) is 6.07 Å². The van der Waals surface area contributed by atoms with Gasteiger partial charge in [-0.25, -0.2) is 4.39 Å². The molecule has 0 heterocycles. The van der Waals surface area contributed by atoms with E-state index in [-0.39, 0.29) is 5.82 Å². The molecule has 1 rings (SSSR count). The predicted molar refractivity (Wildman–Crippen MR) is 57.4 cm³/mol. The van der Waals surface area contributed by atoms with E-state index in [0.29, 0.717) is 4.47 Å². The molecular weight excluding hydrogens is 233 g/mol. The van der Waals surface area contributed by atoms with Crippen molar-refractivity contribution in [1.82, 2.24) is 0 Å². The first-order chi connectivity index (χ1) is 6.24. The van der Waals surface area contributed by atoms with Gasteiger partial charge in [-0.2, -0.15) is 0 Å². The van der Waals surface area contributed by atoms with Gasteiger partial charge in [-0.1, -0.05) is 6.08 Å². The highest BCUT2D eigenvalue weighted by molar-refractivity contribution is 9.10. The number of anilines is 1. The van der Waals surface area contributed by atoms with Gasteiger partial charge < -0.3 is 5.32 Å². The molecule has 0 bridgehead atoms. The van der Waals surface area contributed by atoms with Gasteiger partial charge in [-0.3, -0.25) is 0 Å². The van der Waals surface area contributed by atoms with Gasteiger partial charge in [-0.15, -0.1) is 6.58 Å². The Labute approximate surface area is 85.8 Å². The standard InChI is InChI=1S/C10H11BrFN/c1-2-3-6-13-8-4-5-9(11)10(12)7-8/h2,4-5,7,13H,1,3,6H2. The molecule has 0 aromatic heterocycles. The highest BCUT2D eigenvalue weighted by Gasteiger charge is 1.98. The van der Waals surface area contributed by atoms with E-state index in [9.17, 15) is 4.39 Å². The molecule has 0 radical (unpaired) electrons. The van der Waals surface area contributed by atoms with E-state index >= 15 is 0 Å². The minimum absolute atomic E-state index is 0.247. The van der Waals surface area contributed by atoms with Gasteiger partial charge in [0.2, 0.25) is 0 Å². The molecule has 0 aliphatic rings. The molecule has 1 aromatic rings. The zero-order valence-electron chi connectivity index (χ0n) is 7.19. The van der Waals surface area contributed by atoms with Crippen molar-refractivity contribution < 1.29 is 4.39 Å². The normalized spacial score (nSPS) is 9.69. The molecule has 0 amide bonds. The topological polar surface area (TPSA) is 12.0 Å². The quantitative estimate of drug-likeness (QED) is 0.630. The summed E-state index contributed by atoms with van der Waals surface area (Å²) >= 11 is 3.09. The lowest BCUT2D eigenvalue weighted by Gasteiger charge is -2.04. The molecule has 0 atom stereocenters. The molecule has 0 aliphatic carbocycles. The Balaban J connectivity index is 2.57. The summed E-state index contributed by atoms with van der Waals surface area (Å²) in [6.07, 6.45) is 2.69. The third kappa shape index (κ3) is 3.19. The summed E-state index contributed by atoms with van der Waals surface area (Å²) in [6.45, 7) is 4.38. The Kier molecular flexibility index (Phi) is 3.96. The van der Waals surface area contributed by atoms with Crippen molar-refractivity contribution in [2.45, 2.75) is 6.42 Å². The molecule has 1 aromatic carbocycles. The van der Waals surface area contributed by atoms with Gasteiger partial charge in [0, 0.05) is 12.2 Å². The Morgan fingerprint density at radius 2 is 2.31 bits per heavy atom. The summed E-state index contributed by atoms with van der Waals surface area (Å²) in [6, 6.07) is 4.98. The fourth-order valence-corrected chi connectivity index (χ4v) is 1.17. The van der Waals surface area contributed by atoms with Crippen LogP contribution in [0.25, 0.3) is 0 Å². The molecule has 70 valence electrons. The van der Waals surface area contributed by atoms with Crippen molar-refractivity contribution in [3.05, 3.63) is 41.1 Å². The average molecular weight is 244 g/mol. The Hall–Kier alpha value is -0.830. The van der Waals surface area contributed by atoms with Crippen molar-refractivity contribution in [3.8, 4) is 0 Å². The second-order valence-corrected chi connectivity index (χ2v) is 3.49. The monoisotopic (exact) mass is 243 g/mol. The first kappa shape index (κ1) is 10.3. The summed E-state index contributed by atoms with van der Waals surface area (Å²) < 4.78 is 13.5. The van der Waals surface area contributed by atoms with Crippen molar-refractivity contribution in [1.29, 1.82) is 0 Å². The fraction of sp³-hybridized carbons (Fsp3) is 0.200. The largest absolute Gasteiger partial charge is 0.385 e. The van der Waals surface area contributed by atoms with Crippen LogP contribution >= 0.6 is 15.9 Å². The van der Waals surface area contributed by atoms with Crippen LogP contribution in [0.15, 0.2) is 35.3 Å². The Morgan fingerprint density at radius 3 is 2.92 bits per heavy atom. The smallest absolute Gasteiger partial charge is 0.139 e. The van der Waals surface area contributed by atoms with Crippen molar-refractivity contribution >= 4 is 21.6 Å². The first-order valence-electron chi connectivity index (χ1n) is 4.04. The van der Waals surface area contributed by atoms with Crippen LogP contribution in [0.4, 0.5) is 10.1 Å². The van der Waals surface area contributed by atoms with Gasteiger partial charge in [0.05, 0.1) is 4.47 Å². The zero-order chi connectivity index (χ0) is 9.68. The van der Waals surface area contributed by atoms with Crippen LogP contribution in [-0.4, -0.2) is 6.54 Å². The first-order valence-corrected chi connectivity index (χ1v) is 4.83. The molecule has 0 unspecified atom stereocenters. The lowest BCUT2D eigenvalue weighted by atomic mass is 10.3. The summed E-state index contributed by atoms with van der Waals surface area (Å²) in [5.41, 5.74) is 0.794. The summed E-state index contributed by atoms with van der Waals surface area (Å²) in [5.74, 6) is -0.247. The Bertz CT molecular complexity index is 299. The van der Waals surface area contributed by atoms with Crippen LogP contribution in [0.5, 0.6) is 0 Å². The third-order valence-corrected chi connectivity index (χ3v) is 2.24. The van der Waals surface area contributed by atoms with Gasteiger partial charge in [0.1, 0.15) is 5.82 Å². The Morgan fingerprint density at radius 1 is 1.54 bits per heavy atom. The van der Waals surface area contributed by atoms with E-state index < -0.39 is 0 Å². The lowest BCUT2D eigenvalue weighted by Crippen LogP contribution is -2.00. The SMILES string of the molecule is C=CCCNc1ccc(Br)c(F)c1. The number of hydrogen-bond donors (Lipinski definition) is 1. The predicted octanol–water partition coefficient (Wildman–Crippen LogP) is 3.58. The van der Waals surface area contributed by atoms with Crippen molar-refractivity contribution in [2.75, 3.05) is 11.9 Å². The van der Waals surface area contributed by atoms with E-state index in [2.05, 4.69) is 27.8 Å². The minimum atomic E-state index is -0.247. The summed E-state index contributed by atoms with van der Waals surface area (Å²) in [5, 5.41) is 3.08. The second kappa shape index (κ2) is 5.02. The molecule has 0 fully saturated rings. The van der Waals surface area contributed by atoms with Gasteiger partial charge in [-0.05, 0) is 40.5 Å². The van der Waals surface area contributed by atoms with Gasteiger partial charge in [0.25, 0.3) is 0 Å². The average Bonchev–Trinajstić information content (AvgIpc) is 2.12. The van der Waals surface area contributed by atoms with E-state index in [4.69, 9.17) is 0 Å². The van der Waals surface area contributed by atoms with Crippen LogP contribution in [0.3, 0.4) is 0 Å². The second-order valence-electron chi connectivity index (χ2n) is 2.63. The molecule has 3 heteroatoms. The molecule has 0 spiro atoms. The maximum Gasteiger partial charge on any atom is 0.139 e. The van der Waals surface area contributed by atoms with Crippen LogP contribution in [-0.2, 0) is 0 Å². The van der Waals surface area contributed by atoms with Crippen LogP contribution in [0, 0.1) is 5.82 Å². The zero-order valence-corrected chi connectivity index (χ0v) is 8.77. The number of benzene rings is 1.